The SMILES string of the molecule is CC(C)(C)OC(=O)CCCN1CCC2(CC1)C(=O)NC[C@H]2c1ccc(F)cc1. The van der Waals surface area contributed by atoms with E-state index in [4.69, 9.17) is 4.74 Å². The van der Waals surface area contributed by atoms with Crippen molar-refractivity contribution in [3.05, 3.63) is 35.6 Å². The lowest BCUT2D eigenvalue weighted by Crippen LogP contribution is -2.46. The lowest BCUT2D eigenvalue weighted by Gasteiger charge is -2.41. The Hall–Kier alpha value is -1.95. The molecule has 28 heavy (non-hydrogen) atoms. The number of hydrogen-bond donors (Lipinski definition) is 1. The molecule has 3 rings (SSSR count). The summed E-state index contributed by atoms with van der Waals surface area (Å²) < 4.78 is 18.6. The number of nitrogens with one attached hydrogen (secondary N) is 1. The second-order valence-electron chi connectivity index (χ2n) is 9.00. The summed E-state index contributed by atoms with van der Waals surface area (Å²) in [6, 6.07) is 6.54. The van der Waals surface area contributed by atoms with Crippen molar-refractivity contribution in [3.63, 3.8) is 0 Å². The summed E-state index contributed by atoms with van der Waals surface area (Å²) in [6.45, 7) is 8.73. The summed E-state index contributed by atoms with van der Waals surface area (Å²) in [6.07, 6.45) is 2.74. The molecule has 5 nitrogen and oxygen atoms in total. The van der Waals surface area contributed by atoms with Gasteiger partial charge in [-0.2, -0.15) is 0 Å². The number of likely N-dealkylation sites (tertiary alicyclic amines) is 1. The van der Waals surface area contributed by atoms with Gasteiger partial charge in [0.15, 0.2) is 0 Å². The number of carbonyl (C=O) groups is 2. The van der Waals surface area contributed by atoms with E-state index in [-0.39, 0.29) is 23.6 Å². The molecule has 0 unspecified atom stereocenters. The van der Waals surface area contributed by atoms with Crippen LogP contribution in [0.3, 0.4) is 0 Å². The van der Waals surface area contributed by atoms with Crippen molar-refractivity contribution in [1.82, 2.24) is 10.2 Å². The number of amides is 1. The van der Waals surface area contributed by atoms with Gasteiger partial charge in [0.05, 0.1) is 5.41 Å². The van der Waals surface area contributed by atoms with Crippen LogP contribution in [-0.2, 0) is 14.3 Å². The molecule has 2 fully saturated rings. The molecular formula is C22H31FN2O3. The predicted molar refractivity (Wildman–Crippen MR) is 105 cm³/mol. The van der Waals surface area contributed by atoms with Crippen molar-refractivity contribution in [2.24, 2.45) is 5.41 Å². The lowest BCUT2D eigenvalue weighted by molar-refractivity contribution is -0.155. The van der Waals surface area contributed by atoms with E-state index in [1.165, 1.54) is 12.1 Å². The first kappa shape index (κ1) is 20.8. The average molecular weight is 390 g/mol. The topological polar surface area (TPSA) is 58.6 Å². The standard InChI is InChI=1S/C22H31FN2O3/c1-21(2,3)28-19(26)5-4-12-25-13-10-22(11-14-25)18(15-24-20(22)27)16-6-8-17(23)9-7-16/h6-9,18H,4-5,10-15H2,1-3H3,(H,24,27)/t18-/m0/s1. The fourth-order valence-corrected chi connectivity index (χ4v) is 4.45. The molecule has 2 heterocycles. The van der Waals surface area contributed by atoms with Gasteiger partial charge in [0, 0.05) is 18.9 Å². The molecule has 0 aromatic heterocycles. The first-order valence-electron chi connectivity index (χ1n) is 10.2. The Kier molecular flexibility index (Phi) is 6.08. The third-order valence-corrected chi connectivity index (χ3v) is 5.88. The van der Waals surface area contributed by atoms with E-state index in [9.17, 15) is 14.0 Å². The summed E-state index contributed by atoms with van der Waals surface area (Å²) in [7, 11) is 0. The van der Waals surface area contributed by atoms with Gasteiger partial charge in [0.1, 0.15) is 11.4 Å². The van der Waals surface area contributed by atoms with Gasteiger partial charge in [-0.3, -0.25) is 9.59 Å². The van der Waals surface area contributed by atoms with Crippen LogP contribution in [0.4, 0.5) is 4.39 Å². The lowest BCUT2D eigenvalue weighted by atomic mass is 9.68. The van der Waals surface area contributed by atoms with Gasteiger partial charge in [-0.05, 0) is 77.4 Å². The van der Waals surface area contributed by atoms with Crippen LogP contribution in [0.25, 0.3) is 0 Å². The van der Waals surface area contributed by atoms with E-state index in [0.29, 0.717) is 13.0 Å². The summed E-state index contributed by atoms with van der Waals surface area (Å²) in [5, 5.41) is 3.03. The molecule has 1 spiro atoms. The van der Waals surface area contributed by atoms with E-state index in [1.54, 1.807) is 12.1 Å². The third-order valence-electron chi connectivity index (χ3n) is 5.88. The molecule has 0 radical (unpaired) electrons. The van der Waals surface area contributed by atoms with Crippen LogP contribution in [0.5, 0.6) is 0 Å². The molecule has 1 atom stereocenters. The highest BCUT2D eigenvalue weighted by Crippen LogP contribution is 2.47. The van der Waals surface area contributed by atoms with Gasteiger partial charge in [-0.25, -0.2) is 4.39 Å². The number of halogens is 1. The smallest absolute Gasteiger partial charge is 0.306 e. The van der Waals surface area contributed by atoms with Crippen molar-refractivity contribution < 1.29 is 18.7 Å². The molecule has 6 heteroatoms. The van der Waals surface area contributed by atoms with Crippen LogP contribution in [-0.4, -0.2) is 48.6 Å². The molecule has 2 aliphatic heterocycles. The minimum atomic E-state index is -0.445. The zero-order chi connectivity index (χ0) is 20.4. The molecule has 154 valence electrons. The molecule has 0 bridgehead atoms. The average Bonchev–Trinajstić information content (AvgIpc) is 2.92. The van der Waals surface area contributed by atoms with E-state index in [2.05, 4.69) is 10.2 Å². The summed E-state index contributed by atoms with van der Waals surface area (Å²) in [4.78, 5) is 26.9. The van der Waals surface area contributed by atoms with Crippen molar-refractivity contribution in [2.75, 3.05) is 26.2 Å². The maximum Gasteiger partial charge on any atom is 0.306 e. The zero-order valence-corrected chi connectivity index (χ0v) is 17.1. The fourth-order valence-electron chi connectivity index (χ4n) is 4.45. The van der Waals surface area contributed by atoms with Gasteiger partial charge in [0.2, 0.25) is 5.91 Å². The number of benzene rings is 1. The van der Waals surface area contributed by atoms with E-state index < -0.39 is 11.0 Å². The number of nitrogens with zero attached hydrogens (tertiary/aromatic N) is 1. The van der Waals surface area contributed by atoms with E-state index in [0.717, 1.165) is 44.5 Å². The second kappa shape index (κ2) is 8.19. The summed E-state index contributed by atoms with van der Waals surface area (Å²) in [5.74, 6) is -0.206. The highest BCUT2D eigenvalue weighted by Gasteiger charge is 2.51. The minimum absolute atomic E-state index is 0.0875. The van der Waals surface area contributed by atoms with Crippen LogP contribution in [0, 0.1) is 11.2 Å². The molecule has 2 saturated heterocycles. The zero-order valence-electron chi connectivity index (χ0n) is 17.1. The molecule has 1 aromatic rings. The Bertz CT molecular complexity index is 703. The van der Waals surface area contributed by atoms with Crippen LogP contribution in [0.1, 0.15) is 57.9 Å². The molecule has 1 aromatic carbocycles. The second-order valence-corrected chi connectivity index (χ2v) is 9.00. The van der Waals surface area contributed by atoms with Crippen LogP contribution in [0.2, 0.25) is 0 Å². The maximum absolute atomic E-state index is 13.3. The highest BCUT2D eigenvalue weighted by molar-refractivity contribution is 5.86. The van der Waals surface area contributed by atoms with Gasteiger partial charge in [0.25, 0.3) is 0 Å². The normalized spacial score (nSPS) is 22.3. The Morgan fingerprint density at radius 3 is 2.50 bits per heavy atom. The Labute approximate surface area is 166 Å². The number of hydrogen-bond acceptors (Lipinski definition) is 4. The van der Waals surface area contributed by atoms with Gasteiger partial charge in [-0.1, -0.05) is 12.1 Å². The third kappa shape index (κ3) is 4.72. The minimum Gasteiger partial charge on any atom is -0.460 e. The molecule has 0 saturated carbocycles. The van der Waals surface area contributed by atoms with Crippen LogP contribution >= 0.6 is 0 Å². The monoisotopic (exact) mass is 390 g/mol. The van der Waals surface area contributed by atoms with Crippen molar-refractivity contribution >= 4 is 11.9 Å². The molecular weight excluding hydrogens is 359 g/mol. The predicted octanol–water partition coefficient (Wildman–Crippen LogP) is 3.24. The Morgan fingerprint density at radius 1 is 1.25 bits per heavy atom. The molecule has 1 amide bonds. The van der Waals surface area contributed by atoms with E-state index >= 15 is 0 Å². The molecule has 2 aliphatic rings. The quantitative estimate of drug-likeness (QED) is 0.784. The van der Waals surface area contributed by atoms with E-state index in [1.807, 2.05) is 20.8 Å². The summed E-state index contributed by atoms with van der Waals surface area (Å²) in [5.41, 5.74) is 0.178. The molecule has 0 aliphatic carbocycles. The number of rotatable bonds is 5. The van der Waals surface area contributed by atoms with Crippen molar-refractivity contribution in [3.8, 4) is 0 Å². The van der Waals surface area contributed by atoms with Gasteiger partial charge in [-0.15, -0.1) is 0 Å². The summed E-state index contributed by atoms with van der Waals surface area (Å²) >= 11 is 0. The number of carbonyl (C=O) groups excluding carboxylic acids is 2. The van der Waals surface area contributed by atoms with Crippen molar-refractivity contribution in [2.45, 2.75) is 58.0 Å². The Balaban J connectivity index is 1.53. The molecule has 1 N–H and O–H groups in total. The highest BCUT2D eigenvalue weighted by atomic mass is 19.1. The van der Waals surface area contributed by atoms with Crippen LogP contribution < -0.4 is 5.32 Å². The fraction of sp³-hybridized carbons (Fsp3) is 0.636. The number of piperidine rings is 1. The number of ether oxygens (including phenoxy) is 1. The van der Waals surface area contributed by atoms with Crippen molar-refractivity contribution in [1.29, 1.82) is 0 Å². The van der Waals surface area contributed by atoms with Crippen LogP contribution in [0.15, 0.2) is 24.3 Å². The first-order chi connectivity index (χ1) is 13.2. The number of esters is 1. The first-order valence-corrected chi connectivity index (χ1v) is 10.2. The van der Waals surface area contributed by atoms with Gasteiger partial charge < -0.3 is 15.0 Å². The largest absolute Gasteiger partial charge is 0.460 e. The maximum atomic E-state index is 13.3. The van der Waals surface area contributed by atoms with Gasteiger partial charge >= 0.3 is 5.97 Å². The Morgan fingerprint density at radius 2 is 1.89 bits per heavy atom.